The van der Waals surface area contributed by atoms with Crippen molar-refractivity contribution in [1.29, 1.82) is 0 Å². The summed E-state index contributed by atoms with van der Waals surface area (Å²) in [5.74, 6) is -5.02. The Morgan fingerprint density at radius 3 is 2.07 bits per heavy atom. The number of hydrogen-bond acceptors (Lipinski definition) is 6. The fourth-order valence-corrected chi connectivity index (χ4v) is 6.30. The van der Waals surface area contributed by atoms with Crippen molar-refractivity contribution in [3.8, 4) is 11.5 Å². The van der Waals surface area contributed by atoms with Gasteiger partial charge in [-0.05, 0) is 61.8 Å². The van der Waals surface area contributed by atoms with Crippen molar-refractivity contribution in [2.45, 2.75) is 89.3 Å². The van der Waals surface area contributed by atoms with Gasteiger partial charge in [-0.3, -0.25) is 0 Å². The van der Waals surface area contributed by atoms with E-state index < -0.39 is 54.1 Å². The molecule has 1 aliphatic carbocycles. The zero-order valence-electron chi connectivity index (χ0n) is 25.5. The molecular weight excluding hydrogens is 625 g/mol. The van der Waals surface area contributed by atoms with Crippen LogP contribution in [0.5, 0.6) is 11.5 Å². The average molecular weight is 665 g/mol. The molecule has 1 saturated carbocycles. The Kier molecular flexibility index (Phi) is 11.4. The summed E-state index contributed by atoms with van der Waals surface area (Å²) in [6.07, 6.45) is -4.90. The topological polar surface area (TPSA) is 55.4 Å². The molecule has 6 nitrogen and oxygen atoms in total. The molecule has 13 heteroatoms. The van der Waals surface area contributed by atoms with E-state index in [9.17, 15) is 26.3 Å². The van der Waals surface area contributed by atoms with E-state index in [0.717, 1.165) is 18.9 Å². The first-order valence-electron chi connectivity index (χ1n) is 15.8. The van der Waals surface area contributed by atoms with E-state index in [1.54, 1.807) is 12.1 Å². The van der Waals surface area contributed by atoms with Gasteiger partial charge in [-0.15, -0.1) is 13.2 Å². The number of rotatable bonds is 11. The maximum atomic E-state index is 15.3. The first kappa shape index (κ1) is 34.7. The van der Waals surface area contributed by atoms with Crippen molar-refractivity contribution in [1.82, 2.24) is 0 Å². The van der Waals surface area contributed by atoms with E-state index in [4.69, 9.17) is 23.7 Å². The van der Waals surface area contributed by atoms with E-state index in [2.05, 4.69) is 11.7 Å². The van der Waals surface area contributed by atoms with Crippen molar-refractivity contribution >= 4 is 0 Å². The molecule has 0 unspecified atom stereocenters. The van der Waals surface area contributed by atoms with Gasteiger partial charge in [0.15, 0.2) is 24.1 Å². The van der Waals surface area contributed by atoms with Gasteiger partial charge in [-0.2, -0.15) is 8.78 Å². The van der Waals surface area contributed by atoms with Gasteiger partial charge in [0.2, 0.25) is 0 Å². The molecule has 3 aliphatic rings. The van der Waals surface area contributed by atoms with Crippen LogP contribution in [0.15, 0.2) is 36.4 Å². The molecular formula is C33H39F7O6. The van der Waals surface area contributed by atoms with Crippen LogP contribution in [-0.2, 0) is 18.9 Å². The summed E-state index contributed by atoms with van der Waals surface area (Å²) in [4.78, 5) is 0. The molecule has 2 aromatic carbocycles. The molecule has 256 valence electrons. The second kappa shape index (κ2) is 15.1. The first-order chi connectivity index (χ1) is 21.9. The Bertz CT molecular complexity index is 1270. The summed E-state index contributed by atoms with van der Waals surface area (Å²) in [6.45, 7) is 4.12. The normalized spacial score (nSPS) is 27.7. The molecule has 2 aliphatic heterocycles. The third-order valence-electron chi connectivity index (χ3n) is 8.84. The van der Waals surface area contributed by atoms with Gasteiger partial charge in [0, 0.05) is 17.5 Å². The summed E-state index contributed by atoms with van der Waals surface area (Å²) in [6, 6.07) is 6.45. The van der Waals surface area contributed by atoms with E-state index >= 15 is 4.39 Å². The standard InChI is InChI=1S/C33H39F7O6/c1-2-3-4-5-20-16-41-31(42-17-20)23-18-43-30(44-19-23)22-8-12-26(27(34)14-22)21-6-9-24(10-7-21)32(36,37)45-25-11-13-29(28(35)15-25)46-33(38,39)40/h8,11-15,20-21,23-24,30-31H,2-7,9-10,16-19H2,1H3. The second-order valence-electron chi connectivity index (χ2n) is 12.3. The monoisotopic (exact) mass is 664 g/mol. The van der Waals surface area contributed by atoms with Gasteiger partial charge < -0.3 is 28.4 Å². The largest absolute Gasteiger partial charge is 0.573 e. The molecule has 0 spiro atoms. The predicted molar refractivity (Wildman–Crippen MR) is 151 cm³/mol. The quantitative estimate of drug-likeness (QED) is 0.177. The highest BCUT2D eigenvalue weighted by molar-refractivity contribution is 5.33. The van der Waals surface area contributed by atoms with Crippen LogP contribution in [0.2, 0.25) is 0 Å². The fraction of sp³-hybridized carbons (Fsp3) is 0.636. The van der Waals surface area contributed by atoms with Crippen LogP contribution >= 0.6 is 0 Å². The summed E-state index contributed by atoms with van der Waals surface area (Å²) >= 11 is 0. The Morgan fingerprint density at radius 1 is 0.761 bits per heavy atom. The van der Waals surface area contributed by atoms with Gasteiger partial charge >= 0.3 is 12.5 Å². The molecule has 46 heavy (non-hydrogen) atoms. The number of unbranched alkanes of at least 4 members (excludes halogenated alkanes) is 2. The molecule has 0 N–H and O–H groups in total. The van der Waals surface area contributed by atoms with Crippen molar-refractivity contribution in [3.63, 3.8) is 0 Å². The summed E-state index contributed by atoms with van der Waals surface area (Å²) in [5.41, 5.74) is 0.911. The lowest BCUT2D eigenvalue weighted by atomic mass is 9.78. The molecule has 0 bridgehead atoms. The molecule has 0 atom stereocenters. The number of hydrogen-bond donors (Lipinski definition) is 0. The zero-order valence-corrected chi connectivity index (χ0v) is 25.5. The minimum atomic E-state index is -5.13. The van der Waals surface area contributed by atoms with E-state index in [1.165, 1.54) is 18.9 Å². The highest BCUT2D eigenvalue weighted by atomic mass is 19.4. The number of ether oxygens (including phenoxy) is 6. The summed E-state index contributed by atoms with van der Waals surface area (Å²) in [7, 11) is 0. The Hall–Kier alpha value is -2.61. The maximum absolute atomic E-state index is 15.3. The van der Waals surface area contributed by atoms with Crippen LogP contribution in [0.1, 0.15) is 81.6 Å². The Balaban J connectivity index is 1.08. The summed E-state index contributed by atoms with van der Waals surface area (Å²) in [5, 5.41) is 0. The lowest BCUT2D eigenvalue weighted by Gasteiger charge is -2.37. The Morgan fingerprint density at radius 2 is 1.46 bits per heavy atom. The van der Waals surface area contributed by atoms with Gasteiger partial charge in [-0.25, -0.2) is 8.78 Å². The lowest BCUT2D eigenvalue weighted by molar-refractivity contribution is -0.283. The first-order valence-corrected chi connectivity index (χ1v) is 15.8. The number of benzene rings is 2. The number of alkyl halides is 5. The number of halogens is 7. The van der Waals surface area contributed by atoms with Crippen molar-refractivity contribution < 1.29 is 59.2 Å². The highest BCUT2D eigenvalue weighted by Gasteiger charge is 2.45. The van der Waals surface area contributed by atoms with E-state index in [0.29, 0.717) is 55.6 Å². The van der Waals surface area contributed by atoms with Gasteiger partial charge in [-0.1, -0.05) is 38.3 Å². The van der Waals surface area contributed by atoms with Crippen molar-refractivity contribution in [3.05, 3.63) is 59.2 Å². The highest BCUT2D eigenvalue weighted by Crippen LogP contribution is 2.44. The van der Waals surface area contributed by atoms with Gasteiger partial charge in [0.1, 0.15) is 11.6 Å². The second-order valence-corrected chi connectivity index (χ2v) is 12.3. The van der Waals surface area contributed by atoms with Crippen molar-refractivity contribution in [2.24, 2.45) is 17.8 Å². The minimum Gasteiger partial charge on any atom is -0.432 e. The smallest absolute Gasteiger partial charge is 0.432 e. The van der Waals surface area contributed by atoms with Crippen LogP contribution in [0.3, 0.4) is 0 Å². The molecule has 2 saturated heterocycles. The third kappa shape index (κ3) is 9.05. The van der Waals surface area contributed by atoms with E-state index in [1.807, 2.05) is 0 Å². The zero-order chi connectivity index (χ0) is 32.9. The molecule has 0 aromatic heterocycles. The van der Waals surface area contributed by atoms with Crippen LogP contribution in [0, 0.1) is 29.4 Å². The van der Waals surface area contributed by atoms with Gasteiger partial charge in [0.25, 0.3) is 0 Å². The molecule has 0 radical (unpaired) electrons. The van der Waals surface area contributed by atoms with Crippen LogP contribution in [0.4, 0.5) is 30.7 Å². The van der Waals surface area contributed by atoms with Gasteiger partial charge in [0.05, 0.1) is 38.3 Å². The maximum Gasteiger partial charge on any atom is 0.573 e. The molecule has 2 heterocycles. The van der Waals surface area contributed by atoms with E-state index in [-0.39, 0.29) is 37.5 Å². The summed E-state index contributed by atoms with van der Waals surface area (Å²) < 4.78 is 128. The third-order valence-corrected chi connectivity index (χ3v) is 8.84. The Labute approximate surface area is 263 Å². The lowest BCUT2D eigenvalue weighted by Crippen LogP contribution is -2.43. The SMILES string of the molecule is CCCCCC1COC(C2COC(c3ccc(C4CCC(C(F)(F)Oc5ccc(OC(F)(F)F)c(F)c5)CC4)c(F)c3)OC2)OC1. The molecule has 3 fully saturated rings. The minimum absolute atomic E-state index is 0.00234. The van der Waals surface area contributed by atoms with Crippen LogP contribution in [-0.4, -0.2) is 45.2 Å². The van der Waals surface area contributed by atoms with Crippen LogP contribution < -0.4 is 9.47 Å². The molecule has 2 aromatic rings. The molecule has 5 rings (SSSR count). The average Bonchev–Trinajstić information content (AvgIpc) is 3.02. The predicted octanol–water partition coefficient (Wildman–Crippen LogP) is 9.04. The fourth-order valence-electron chi connectivity index (χ4n) is 6.30. The molecule has 0 amide bonds. The van der Waals surface area contributed by atoms with Crippen LogP contribution in [0.25, 0.3) is 0 Å². The van der Waals surface area contributed by atoms with Crippen molar-refractivity contribution in [2.75, 3.05) is 26.4 Å².